The van der Waals surface area contributed by atoms with Gasteiger partial charge >= 0.3 is 0 Å². The van der Waals surface area contributed by atoms with E-state index in [4.69, 9.17) is 4.74 Å². The number of allylic oxidation sites excluding steroid dienone is 1. The second-order valence-electron chi connectivity index (χ2n) is 7.51. The van der Waals surface area contributed by atoms with Crippen LogP contribution >= 0.6 is 11.8 Å². The quantitative estimate of drug-likeness (QED) is 0.741. The number of benzene rings is 2. The number of hydrogen-bond donors (Lipinski definition) is 1. The third-order valence-electron chi connectivity index (χ3n) is 5.69. The number of carbonyl (C=O) groups is 1. The zero-order valence-corrected chi connectivity index (χ0v) is 18.5. The van der Waals surface area contributed by atoms with E-state index in [1.807, 2.05) is 19.1 Å². The van der Waals surface area contributed by atoms with E-state index in [1.54, 1.807) is 23.1 Å². The van der Waals surface area contributed by atoms with Crippen LogP contribution in [0.3, 0.4) is 0 Å². The van der Waals surface area contributed by atoms with Crippen LogP contribution in [0.2, 0.25) is 0 Å². The molecule has 2 aromatic carbocycles. The van der Waals surface area contributed by atoms with Gasteiger partial charge in [0.15, 0.2) is 11.5 Å². The lowest BCUT2D eigenvalue weighted by molar-refractivity contribution is -0.129. The molecule has 160 valence electrons. The van der Waals surface area contributed by atoms with E-state index < -0.39 is 0 Å². The molecule has 1 saturated heterocycles. The molecule has 6 nitrogen and oxygen atoms in total. The third kappa shape index (κ3) is 3.96. The molecular formula is C24H25N3O3S. The van der Waals surface area contributed by atoms with Crippen molar-refractivity contribution in [1.82, 2.24) is 4.90 Å². The summed E-state index contributed by atoms with van der Waals surface area (Å²) in [6, 6.07) is 15.7. The summed E-state index contributed by atoms with van der Waals surface area (Å²) in [6.45, 7) is 4.83. The molecule has 0 saturated carbocycles. The number of fused-ring (bicyclic) bond motifs is 1. The van der Waals surface area contributed by atoms with Crippen molar-refractivity contribution >= 4 is 23.4 Å². The number of hydrogen-bond acceptors (Lipinski definition) is 6. The molecule has 7 heteroatoms. The Kier molecular flexibility index (Phi) is 6.10. The number of nitriles is 1. The number of thioether (sulfide) groups is 1. The van der Waals surface area contributed by atoms with Crippen LogP contribution in [0.4, 0.5) is 5.69 Å². The van der Waals surface area contributed by atoms with E-state index in [2.05, 4.69) is 30.0 Å². The van der Waals surface area contributed by atoms with Crippen LogP contribution in [0.1, 0.15) is 37.3 Å². The average molecular weight is 436 g/mol. The smallest absolute Gasteiger partial charge is 0.229 e. The Balaban J connectivity index is 1.67. The van der Waals surface area contributed by atoms with Crippen LogP contribution in [0.15, 0.2) is 53.1 Å². The van der Waals surface area contributed by atoms with Crippen LogP contribution in [-0.2, 0) is 11.2 Å². The van der Waals surface area contributed by atoms with Gasteiger partial charge in [-0.1, -0.05) is 43.0 Å². The molecular weight excluding hydrogens is 410 g/mol. The summed E-state index contributed by atoms with van der Waals surface area (Å²) in [6.07, 6.45) is 1.13. The molecule has 2 aromatic rings. The molecule has 0 aromatic heterocycles. The lowest BCUT2D eigenvalue weighted by atomic mass is 9.86. The van der Waals surface area contributed by atoms with Crippen molar-refractivity contribution in [3.8, 4) is 17.6 Å². The Morgan fingerprint density at radius 1 is 1.26 bits per heavy atom. The first-order valence-corrected chi connectivity index (χ1v) is 11.4. The maximum Gasteiger partial charge on any atom is 0.229 e. The predicted octanol–water partition coefficient (Wildman–Crippen LogP) is 4.57. The highest BCUT2D eigenvalue weighted by Gasteiger charge is 2.38. The second kappa shape index (κ2) is 8.94. The van der Waals surface area contributed by atoms with Crippen LogP contribution < -0.4 is 9.64 Å². The lowest BCUT2D eigenvalue weighted by Gasteiger charge is -2.42. The lowest BCUT2D eigenvalue weighted by Crippen LogP contribution is -2.47. The van der Waals surface area contributed by atoms with E-state index in [9.17, 15) is 15.2 Å². The minimum atomic E-state index is -0.342. The number of anilines is 1. The van der Waals surface area contributed by atoms with E-state index in [-0.39, 0.29) is 24.0 Å². The normalized spacial score (nSPS) is 18.6. The molecule has 1 N–H and O–H groups in total. The van der Waals surface area contributed by atoms with Crippen molar-refractivity contribution < 1.29 is 14.6 Å². The van der Waals surface area contributed by atoms with E-state index in [1.165, 1.54) is 17.3 Å². The Bertz CT molecular complexity index is 1080. The Hall–Kier alpha value is -3.11. The molecule has 1 amide bonds. The largest absolute Gasteiger partial charge is 0.504 e. The number of phenolic OH excluding ortho intramolecular Hbond substituents is 1. The van der Waals surface area contributed by atoms with Gasteiger partial charge in [0.1, 0.15) is 0 Å². The Morgan fingerprint density at radius 2 is 2.06 bits per heavy atom. The summed E-state index contributed by atoms with van der Waals surface area (Å²) >= 11 is 1.53. The van der Waals surface area contributed by atoms with Gasteiger partial charge in [0.2, 0.25) is 5.91 Å². The van der Waals surface area contributed by atoms with Crippen molar-refractivity contribution in [2.24, 2.45) is 0 Å². The van der Waals surface area contributed by atoms with Crippen molar-refractivity contribution in [3.05, 3.63) is 64.2 Å². The fraction of sp³-hybridized carbons (Fsp3) is 0.333. The molecule has 2 aliphatic rings. The van der Waals surface area contributed by atoms with Crippen LogP contribution in [-0.4, -0.2) is 35.1 Å². The minimum absolute atomic E-state index is 0.00351. The first-order chi connectivity index (χ1) is 15.1. The Labute approximate surface area is 186 Å². The highest BCUT2D eigenvalue weighted by molar-refractivity contribution is 8.03. The van der Waals surface area contributed by atoms with Crippen molar-refractivity contribution in [3.63, 3.8) is 0 Å². The standard InChI is InChI=1S/C24H25N3O3S/c1-3-16-7-5-6-8-20(16)26-14-27-23(29)12-18(19(13-25)24(27)31-15-26)17-9-10-21(28)22(11-17)30-4-2/h5-11,18,28H,3-4,12,14-15H2,1-2H3/t18-/m1/s1. The number of ether oxygens (including phenoxy) is 1. The first-order valence-electron chi connectivity index (χ1n) is 10.4. The van der Waals surface area contributed by atoms with E-state index in [0.717, 1.165) is 22.7 Å². The van der Waals surface area contributed by atoms with E-state index >= 15 is 0 Å². The second-order valence-corrected chi connectivity index (χ2v) is 8.44. The summed E-state index contributed by atoms with van der Waals surface area (Å²) in [5, 5.41) is 20.7. The molecule has 2 aliphatic heterocycles. The third-order valence-corrected chi connectivity index (χ3v) is 6.85. The maximum atomic E-state index is 13.1. The number of para-hydroxylation sites is 1. The van der Waals surface area contributed by atoms with Gasteiger partial charge in [0.05, 0.1) is 35.8 Å². The fourth-order valence-corrected chi connectivity index (χ4v) is 5.29. The summed E-state index contributed by atoms with van der Waals surface area (Å²) in [5.74, 6) is 0.753. The molecule has 1 fully saturated rings. The van der Waals surface area contributed by atoms with Crippen LogP contribution in [0.5, 0.6) is 11.5 Å². The van der Waals surface area contributed by atoms with Crippen molar-refractivity contribution in [2.45, 2.75) is 32.6 Å². The molecule has 0 spiro atoms. The Morgan fingerprint density at radius 3 is 2.81 bits per heavy atom. The molecule has 31 heavy (non-hydrogen) atoms. The monoisotopic (exact) mass is 435 g/mol. The molecule has 0 aliphatic carbocycles. The summed E-state index contributed by atoms with van der Waals surface area (Å²) in [4.78, 5) is 17.1. The number of nitrogens with zero attached hydrogens (tertiary/aromatic N) is 3. The van der Waals surface area contributed by atoms with Gasteiger partial charge < -0.3 is 14.7 Å². The maximum absolute atomic E-state index is 13.1. The van der Waals surface area contributed by atoms with Gasteiger partial charge in [-0.3, -0.25) is 9.69 Å². The number of phenols is 1. The van der Waals surface area contributed by atoms with Crippen molar-refractivity contribution in [1.29, 1.82) is 5.26 Å². The van der Waals surface area contributed by atoms with Gasteiger partial charge in [-0.25, -0.2) is 0 Å². The zero-order chi connectivity index (χ0) is 22.0. The van der Waals surface area contributed by atoms with Crippen LogP contribution in [0, 0.1) is 11.3 Å². The minimum Gasteiger partial charge on any atom is -0.504 e. The summed E-state index contributed by atoms with van der Waals surface area (Å²) in [7, 11) is 0. The molecule has 0 unspecified atom stereocenters. The van der Waals surface area contributed by atoms with Gasteiger partial charge in [-0.15, -0.1) is 0 Å². The summed E-state index contributed by atoms with van der Waals surface area (Å²) in [5.41, 5.74) is 3.77. The van der Waals surface area contributed by atoms with Crippen LogP contribution in [0.25, 0.3) is 0 Å². The predicted molar refractivity (Wildman–Crippen MR) is 122 cm³/mol. The van der Waals surface area contributed by atoms with Gasteiger partial charge in [-0.2, -0.15) is 5.26 Å². The van der Waals surface area contributed by atoms with Crippen molar-refractivity contribution in [2.75, 3.05) is 24.1 Å². The van der Waals surface area contributed by atoms with E-state index in [0.29, 0.717) is 30.5 Å². The fourth-order valence-electron chi connectivity index (χ4n) is 4.14. The highest BCUT2D eigenvalue weighted by Crippen LogP contribution is 2.44. The number of aromatic hydroxyl groups is 1. The zero-order valence-electron chi connectivity index (χ0n) is 17.7. The number of amides is 1. The SMILES string of the molecule is CCOc1cc([C@H]2CC(=O)N3CN(c4ccccc4CC)CSC3=C2C#N)ccc1O. The number of carbonyl (C=O) groups excluding carboxylic acids is 1. The molecule has 4 rings (SSSR count). The molecule has 0 radical (unpaired) electrons. The molecule has 1 atom stereocenters. The van der Waals surface area contributed by atoms with Gasteiger partial charge in [0, 0.05) is 18.0 Å². The number of aryl methyl sites for hydroxylation is 1. The van der Waals surface area contributed by atoms with Gasteiger partial charge in [0.25, 0.3) is 0 Å². The summed E-state index contributed by atoms with van der Waals surface area (Å²) < 4.78 is 5.50. The highest BCUT2D eigenvalue weighted by atomic mass is 32.2. The molecule has 0 bridgehead atoms. The molecule has 2 heterocycles. The topological polar surface area (TPSA) is 76.8 Å². The first kappa shape index (κ1) is 21.1. The van der Waals surface area contributed by atoms with Gasteiger partial charge in [-0.05, 0) is 42.7 Å². The average Bonchev–Trinajstić information content (AvgIpc) is 2.80. The number of rotatable bonds is 5.